The van der Waals surface area contributed by atoms with Gasteiger partial charge in [-0.15, -0.1) is 0 Å². The van der Waals surface area contributed by atoms with Crippen LogP contribution in [0.3, 0.4) is 0 Å². The first-order valence-corrected chi connectivity index (χ1v) is 9.91. The van der Waals surface area contributed by atoms with E-state index in [-0.39, 0.29) is 11.0 Å². The maximum Gasteiger partial charge on any atom is 0.257 e. The summed E-state index contributed by atoms with van der Waals surface area (Å²) in [7, 11) is 0. The van der Waals surface area contributed by atoms with Gasteiger partial charge in [0.15, 0.2) is 10.2 Å². The number of thiocarbonyl (C=S) groups is 1. The predicted molar refractivity (Wildman–Crippen MR) is 115 cm³/mol. The lowest BCUT2D eigenvalue weighted by Crippen LogP contribution is -2.34. The Morgan fingerprint density at radius 1 is 1.22 bits per heavy atom. The number of fused-ring (bicyclic) bond motifs is 1. The summed E-state index contributed by atoms with van der Waals surface area (Å²) < 4.78 is 6.61. The van der Waals surface area contributed by atoms with Gasteiger partial charge in [-0.05, 0) is 73.9 Å². The first-order valence-electron chi connectivity index (χ1n) is 8.69. The van der Waals surface area contributed by atoms with Gasteiger partial charge in [0.25, 0.3) is 5.91 Å². The first kappa shape index (κ1) is 19.3. The molecule has 0 atom stereocenters. The highest BCUT2D eigenvalue weighted by atomic mass is 32.1. The fourth-order valence-corrected chi connectivity index (χ4v) is 3.95. The molecule has 3 rings (SSSR count). The molecule has 0 spiro atoms. The number of aromatic nitrogens is 1. The standard InChI is InChI=1S/C20H21N3O2S2/c1-4-9-25-15-7-5-14(6-8-15)18(24)22-19(26)23-20-21-17-13(3)10-12(2)11-16(17)27-20/h5-8,10-11H,4,9H2,1-3H3,(H2,21,22,23,24,26). The number of carbonyl (C=O) groups is 1. The third-order valence-corrected chi connectivity index (χ3v) is 4.99. The number of amides is 1. The van der Waals surface area contributed by atoms with Crippen LogP contribution in [0.4, 0.5) is 5.13 Å². The lowest BCUT2D eigenvalue weighted by molar-refractivity contribution is 0.0977. The minimum Gasteiger partial charge on any atom is -0.494 e. The van der Waals surface area contributed by atoms with Gasteiger partial charge in [-0.3, -0.25) is 10.1 Å². The van der Waals surface area contributed by atoms with Crippen molar-refractivity contribution in [3.63, 3.8) is 0 Å². The van der Waals surface area contributed by atoms with Crippen LogP contribution in [0.1, 0.15) is 34.8 Å². The van der Waals surface area contributed by atoms with Crippen molar-refractivity contribution in [3.8, 4) is 5.75 Å². The average molecular weight is 400 g/mol. The van der Waals surface area contributed by atoms with Gasteiger partial charge in [0.2, 0.25) is 0 Å². The normalized spacial score (nSPS) is 10.6. The summed E-state index contributed by atoms with van der Waals surface area (Å²) >= 11 is 6.77. The zero-order valence-corrected chi connectivity index (χ0v) is 17.1. The van der Waals surface area contributed by atoms with Crippen LogP contribution >= 0.6 is 23.6 Å². The third kappa shape index (κ3) is 4.81. The van der Waals surface area contributed by atoms with Crippen LogP contribution in [0.2, 0.25) is 0 Å². The Labute approximate surface area is 167 Å². The monoisotopic (exact) mass is 399 g/mol. The third-order valence-electron chi connectivity index (χ3n) is 3.87. The van der Waals surface area contributed by atoms with Gasteiger partial charge >= 0.3 is 0 Å². The van der Waals surface area contributed by atoms with E-state index in [1.807, 2.05) is 13.8 Å². The SMILES string of the molecule is CCCOc1ccc(C(=O)NC(=S)Nc2nc3c(C)cc(C)cc3s2)cc1. The predicted octanol–water partition coefficient (Wildman–Crippen LogP) is 4.83. The summed E-state index contributed by atoms with van der Waals surface area (Å²) in [5.74, 6) is 0.469. The van der Waals surface area contributed by atoms with Crippen molar-refractivity contribution in [2.45, 2.75) is 27.2 Å². The van der Waals surface area contributed by atoms with Crippen molar-refractivity contribution in [1.82, 2.24) is 10.3 Å². The minimum atomic E-state index is -0.275. The summed E-state index contributed by atoms with van der Waals surface area (Å²) in [6.07, 6.45) is 0.938. The van der Waals surface area contributed by atoms with E-state index in [0.29, 0.717) is 17.3 Å². The van der Waals surface area contributed by atoms with Gasteiger partial charge in [0.1, 0.15) is 5.75 Å². The second kappa shape index (κ2) is 8.45. The number of anilines is 1. The second-order valence-corrected chi connectivity index (χ2v) is 7.67. The maximum atomic E-state index is 12.3. The zero-order valence-electron chi connectivity index (χ0n) is 15.5. The lowest BCUT2D eigenvalue weighted by atomic mass is 10.1. The van der Waals surface area contributed by atoms with E-state index in [0.717, 1.165) is 28.0 Å². The molecule has 0 radical (unpaired) electrons. The summed E-state index contributed by atoms with van der Waals surface area (Å²) in [6, 6.07) is 11.2. The molecule has 1 aromatic heterocycles. The molecule has 2 aromatic carbocycles. The number of carbonyl (C=O) groups excluding carboxylic acids is 1. The molecule has 2 N–H and O–H groups in total. The van der Waals surface area contributed by atoms with Crippen molar-refractivity contribution < 1.29 is 9.53 Å². The number of benzene rings is 2. The Bertz CT molecular complexity index is 981. The highest BCUT2D eigenvalue weighted by Crippen LogP contribution is 2.29. The van der Waals surface area contributed by atoms with Gasteiger partial charge < -0.3 is 10.1 Å². The summed E-state index contributed by atoms with van der Waals surface area (Å²) in [5.41, 5.74) is 3.77. The Hall–Kier alpha value is -2.51. The molecule has 0 aliphatic heterocycles. The summed E-state index contributed by atoms with van der Waals surface area (Å²) in [6.45, 7) is 6.79. The van der Waals surface area contributed by atoms with Crippen LogP contribution in [0.5, 0.6) is 5.75 Å². The highest BCUT2D eigenvalue weighted by molar-refractivity contribution is 7.80. The summed E-state index contributed by atoms with van der Waals surface area (Å²) in [5, 5.41) is 6.57. The molecular weight excluding hydrogens is 378 g/mol. The fraction of sp³-hybridized carbons (Fsp3) is 0.250. The van der Waals surface area contributed by atoms with E-state index in [1.54, 1.807) is 24.3 Å². The van der Waals surface area contributed by atoms with E-state index in [9.17, 15) is 4.79 Å². The Kier molecular flexibility index (Phi) is 6.03. The van der Waals surface area contributed by atoms with Crippen molar-refractivity contribution in [3.05, 3.63) is 53.1 Å². The molecular formula is C20H21N3O2S2. The zero-order chi connectivity index (χ0) is 19.4. The van der Waals surface area contributed by atoms with Crippen molar-refractivity contribution in [2.24, 2.45) is 0 Å². The number of hydrogen-bond acceptors (Lipinski definition) is 5. The summed E-state index contributed by atoms with van der Waals surface area (Å²) in [4.78, 5) is 16.9. The number of nitrogens with zero attached hydrogens (tertiary/aromatic N) is 1. The number of ether oxygens (including phenoxy) is 1. The maximum absolute atomic E-state index is 12.3. The van der Waals surface area contributed by atoms with Gasteiger partial charge in [0, 0.05) is 5.56 Å². The molecule has 3 aromatic rings. The minimum absolute atomic E-state index is 0.222. The van der Waals surface area contributed by atoms with E-state index < -0.39 is 0 Å². The van der Waals surface area contributed by atoms with E-state index in [4.69, 9.17) is 17.0 Å². The second-order valence-electron chi connectivity index (χ2n) is 6.23. The van der Waals surface area contributed by atoms with Gasteiger partial charge in [-0.25, -0.2) is 4.98 Å². The van der Waals surface area contributed by atoms with Crippen LogP contribution in [0.15, 0.2) is 36.4 Å². The molecule has 0 bridgehead atoms. The topological polar surface area (TPSA) is 63.2 Å². The van der Waals surface area contributed by atoms with Gasteiger partial charge in [0.05, 0.1) is 16.8 Å². The Morgan fingerprint density at radius 2 is 1.96 bits per heavy atom. The quantitative estimate of drug-likeness (QED) is 0.602. The molecule has 0 saturated heterocycles. The van der Waals surface area contributed by atoms with E-state index in [1.165, 1.54) is 16.9 Å². The Morgan fingerprint density at radius 3 is 2.67 bits per heavy atom. The fourth-order valence-electron chi connectivity index (χ4n) is 2.65. The molecule has 0 saturated carbocycles. The molecule has 0 aliphatic rings. The number of thiazole rings is 1. The molecule has 5 nitrogen and oxygen atoms in total. The van der Waals surface area contributed by atoms with Crippen molar-refractivity contribution in [1.29, 1.82) is 0 Å². The van der Waals surface area contributed by atoms with E-state index >= 15 is 0 Å². The molecule has 0 fully saturated rings. The average Bonchev–Trinajstić information content (AvgIpc) is 3.02. The molecule has 1 heterocycles. The molecule has 140 valence electrons. The Balaban J connectivity index is 1.63. The number of hydrogen-bond donors (Lipinski definition) is 2. The number of aryl methyl sites for hydroxylation is 2. The molecule has 0 aliphatic carbocycles. The van der Waals surface area contributed by atoms with Crippen LogP contribution in [0.25, 0.3) is 10.2 Å². The molecule has 7 heteroatoms. The van der Waals surface area contributed by atoms with Crippen LogP contribution in [-0.4, -0.2) is 22.6 Å². The van der Waals surface area contributed by atoms with Gasteiger partial charge in [-0.1, -0.05) is 24.3 Å². The van der Waals surface area contributed by atoms with Crippen LogP contribution in [0, 0.1) is 13.8 Å². The lowest BCUT2D eigenvalue weighted by Gasteiger charge is -2.08. The van der Waals surface area contributed by atoms with Crippen molar-refractivity contribution in [2.75, 3.05) is 11.9 Å². The van der Waals surface area contributed by atoms with Gasteiger partial charge in [-0.2, -0.15) is 0 Å². The number of nitrogens with one attached hydrogen (secondary N) is 2. The van der Waals surface area contributed by atoms with E-state index in [2.05, 4.69) is 34.7 Å². The first-order chi connectivity index (χ1) is 13.0. The van der Waals surface area contributed by atoms with Crippen molar-refractivity contribution >= 4 is 49.9 Å². The molecule has 27 heavy (non-hydrogen) atoms. The van der Waals surface area contributed by atoms with Crippen LogP contribution in [-0.2, 0) is 0 Å². The highest BCUT2D eigenvalue weighted by Gasteiger charge is 2.11. The van der Waals surface area contributed by atoms with Crippen LogP contribution < -0.4 is 15.4 Å². The largest absolute Gasteiger partial charge is 0.494 e. The number of rotatable bonds is 5. The molecule has 0 unspecified atom stereocenters. The molecule has 1 amide bonds. The smallest absolute Gasteiger partial charge is 0.257 e.